The number of rotatable bonds is 7. The first-order valence-corrected chi connectivity index (χ1v) is 6.73. The maximum absolute atomic E-state index is 11.3. The number of benzene rings is 1. The Morgan fingerprint density at radius 3 is 2.89 bits per heavy atom. The van der Waals surface area contributed by atoms with Gasteiger partial charge in [-0.3, -0.25) is 0 Å². The number of carbonyl (C=O) groups is 1. The minimum absolute atomic E-state index is 0.0740. The first kappa shape index (κ1) is 15.0. The zero-order valence-corrected chi connectivity index (χ0v) is 12.0. The van der Waals surface area contributed by atoms with Gasteiger partial charge in [-0.2, -0.15) is 0 Å². The molecule has 1 rings (SSSR count). The van der Waals surface area contributed by atoms with Gasteiger partial charge in [0.1, 0.15) is 5.75 Å². The molecule has 0 aliphatic rings. The summed E-state index contributed by atoms with van der Waals surface area (Å²) >= 11 is 3.39. The summed E-state index contributed by atoms with van der Waals surface area (Å²) in [5.41, 5.74) is 6.52. The molecule has 1 aromatic carbocycles. The van der Waals surface area contributed by atoms with Gasteiger partial charge < -0.3 is 15.2 Å². The number of unbranched alkanes of at least 4 members (excludes halogenated alkanes) is 1. The van der Waals surface area contributed by atoms with Gasteiger partial charge >= 0.3 is 5.97 Å². The van der Waals surface area contributed by atoms with Crippen LogP contribution >= 0.6 is 15.9 Å². The van der Waals surface area contributed by atoms with Crippen molar-refractivity contribution in [1.82, 2.24) is 0 Å². The van der Waals surface area contributed by atoms with Gasteiger partial charge in [0.2, 0.25) is 0 Å². The number of nitrogens with two attached hydrogens (primary N) is 1. The molecule has 0 aliphatic carbocycles. The van der Waals surface area contributed by atoms with Gasteiger partial charge in [0.05, 0.1) is 6.61 Å². The molecule has 0 amide bonds. The lowest BCUT2D eigenvalue weighted by molar-refractivity contribution is -0.146. The molecular weight excluding hydrogens is 298 g/mol. The molecule has 0 unspecified atom stereocenters. The van der Waals surface area contributed by atoms with Gasteiger partial charge in [-0.25, -0.2) is 4.79 Å². The van der Waals surface area contributed by atoms with Crippen LogP contribution in [-0.4, -0.2) is 19.2 Å². The Hall–Kier alpha value is -1.07. The van der Waals surface area contributed by atoms with E-state index < -0.39 is 0 Å². The van der Waals surface area contributed by atoms with Crippen LogP contribution in [0.25, 0.3) is 0 Å². The van der Waals surface area contributed by atoms with Crippen LogP contribution in [0.15, 0.2) is 22.7 Å². The second-order valence-corrected chi connectivity index (χ2v) is 4.67. The highest BCUT2D eigenvalue weighted by atomic mass is 79.9. The minimum Gasteiger partial charge on any atom is -0.482 e. The molecule has 0 saturated carbocycles. The van der Waals surface area contributed by atoms with E-state index in [1.807, 2.05) is 19.1 Å². The molecule has 18 heavy (non-hydrogen) atoms. The third-order valence-corrected chi connectivity index (χ3v) is 3.13. The molecule has 0 spiro atoms. The van der Waals surface area contributed by atoms with Gasteiger partial charge in [0.15, 0.2) is 6.61 Å². The quantitative estimate of drug-likeness (QED) is 0.620. The molecule has 0 radical (unpaired) electrons. The van der Waals surface area contributed by atoms with E-state index >= 15 is 0 Å². The maximum atomic E-state index is 11.3. The fraction of sp³-hybridized carbons (Fsp3) is 0.462. The van der Waals surface area contributed by atoms with E-state index in [1.54, 1.807) is 6.07 Å². The predicted molar refractivity (Wildman–Crippen MR) is 73.4 cm³/mol. The van der Waals surface area contributed by atoms with Crippen LogP contribution in [0.4, 0.5) is 0 Å². The first-order valence-electron chi connectivity index (χ1n) is 5.94. The Morgan fingerprint density at radius 2 is 2.22 bits per heavy atom. The van der Waals surface area contributed by atoms with E-state index in [0.29, 0.717) is 18.9 Å². The van der Waals surface area contributed by atoms with Gasteiger partial charge in [0, 0.05) is 11.0 Å². The molecule has 0 saturated heterocycles. The highest BCUT2D eigenvalue weighted by Crippen LogP contribution is 2.22. The van der Waals surface area contributed by atoms with Crippen molar-refractivity contribution in [2.75, 3.05) is 13.2 Å². The second kappa shape index (κ2) is 8.11. The summed E-state index contributed by atoms with van der Waals surface area (Å²) in [6, 6.07) is 5.44. The summed E-state index contributed by atoms with van der Waals surface area (Å²) in [4.78, 5) is 11.3. The summed E-state index contributed by atoms with van der Waals surface area (Å²) in [7, 11) is 0. The third-order valence-electron chi connectivity index (χ3n) is 2.35. The Kier molecular flexibility index (Phi) is 6.75. The van der Waals surface area contributed by atoms with Crippen LogP contribution in [0.5, 0.6) is 5.75 Å². The van der Waals surface area contributed by atoms with Crippen molar-refractivity contribution in [3.8, 4) is 5.75 Å². The van der Waals surface area contributed by atoms with E-state index in [2.05, 4.69) is 15.9 Å². The molecular formula is C13H18BrNO3. The summed E-state index contributed by atoms with van der Waals surface area (Å²) in [6.45, 7) is 2.84. The number of halogens is 1. The predicted octanol–water partition coefficient (Wildman–Crippen LogP) is 2.63. The minimum atomic E-state index is -0.347. The molecule has 0 aliphatic heterocycles. The van der Waals surface area contributed by atoms with Crippen LogP contribution in [0.2, 0.25) is 0 Å². The SMILES string of the molecule is CCCCOC(=O)COc1ccc(Br)c(CN)c1. The average molecular weight is 316 g/mol. The van der Waals surface area contributed by atoms with Crippen molar-refractivity contribution < 1.29 is 14.3 Å². The molecule has 5 heteroatoms. The molecule has 4 nitrogen and oxygen atoms in total. The van der Waals surface area contributed by atoms with E-state index in [0.717, 1.165) is 22.9 Å². The van der Waals surface area contributed by atoms with E-state index in [-0.39, 0.29) is 12.6 Å². The number of hydrogen-bond donors (Lipinski definition) is 1. The summed E-state index contributed by atoms with van der Waals surface area (Å²) in [5.74, 6) is 0.270. The standard InChI is InChI=1S/C13H18BrNO3/c1-2-3-6-17-13(16)9-18-11-4-5-12(14)10(7-11)8-15/h4-5,7H,2-3,6,8-9,15H2,1H3. The van der Waals surface area contributed by atoms with Crippen LogP contribution in [0.1, 0.15) is 25.3 Å². The fourth-order valence-corrected chi connectivity index (χ4v) is 1.72. The zero-order valence-electron chi connectivity index (χ0n) is 10.4. The van der Waals surface area contributed by atoms with E-state index in [9.17, 15) is 4.79 Å². The van der Waals surface area contributed by atoms with E-state index in [4.69, 9.17) is 15.2 Å². The van der Waals surface area contributed by atoms with Crippen molar-refractivity contribution in [2.24, 2.45) is 5.73 Å². The molecule has 0 heterocycles. The highest BCUT2D eigenvalue weighted by molar-refractivity contribution is 9.10. The van der Waals surface area contributed by atoms with Crippen molar-refractivity contribution in [2.45, 2.75) is 26.3 Å². The van der Waals surface area contributed by atoms with Gasteiger partial charge in [-0.05, 0) is 30.2 Å². The molecule has 0 atom stereocenters. The van der Waals surface area contributed by atoms with Crippen molar-refractivity contribution >= 4 is 21.9 Å². The van der Waals surface area contributed by atoms with Crippen LogP contribution in [0, 0.1) is 0 Å². The fourth-order valence-electron chi connectivity index (χ4n) is 1.31. The Bertz CT molecular complexity index is 396. The third kappa shape index (κ3) is 5.06. The van der Waals surface area contributed by atoms with Crippen LogP contribution < -0.4 is 10.5 Å². The van der Waals surface area contributed by atoms with Crippen LogP contribution in [-0.2, 0) is 16.1 Å². The van der Waals surface area contributed by atoms with Crippen molar-refractivity contribution in [3.63, 3.8) is 0 Å². The second-order valence-electron chi connectivity index (χ2n) is 3.82. The van der Waals surface area contributed by atoms with Gasteiger partial charge in [-0.1, -0.05) is 29.3 Å². The molecule has 0 fully saturated rings. The maximum Gasteiger partial charge on any atom is 0.344 e. The largest absolute Gasteiger partial charge is 0.482 e. The molecule has 0 aromatic heterocycles. The number of carbonyl (C=O) groups excluding carboxylic acids is 1. The monoisotopic (exact) mass is 315 g/mol. The Balaban J connectivity index is 2.41. The topological polar surface area (TPSA) is 61.5 Å². The normalized spacial score (nSPS) is 10.2. The first-order chi connectivity index (χ1) is 8.67. The highest BCUT2D eigenvalue weighted by Gasteiger charge is 2.05. The van der Waals surface area contributed by atoms with Gasteiger partial charge in [-0.15, -0.1) is 0 Å². The van der Waals surface area contributed by atoms with E-state index in [1.165, 1.54) is 0 Å². The lowest BCUT2D eigenvalue weighted by atomic mass is 10.2. The van der Waals surface area contributed by atoms with Crippen molar-refractivity contribution in [3.05, 3.63) is 28.2 Å². The zero-order chi connectivity index (χ0) is 13.4. The number of hydrogen-bond acceptors (Lipinski definition) is 4. The summed E-state index contributed by atoms with van der Waals surface area (Å²) in [5, 5.41) is 0. The van der Waals surface area contributed by atoms with Gasteiger partial charge in [0.25, 0.3) is 0 Å². The van der Waals surface area contributed by atoms with Crippen LogP contribution in [0.3, 0.4) is 0 Å². The molecule has 1 aromatic rings. The Labute approximate surface area is 116 Å². The Morgan fingerprint density at radius 1 is 1.44 bits per heavy atom. The molecule has 2 N–H and O–H groups in total. The lowest BCUT2D eigenvalue weighted by Gasteiger charge is -2.08. The number of ether oxygens (including phenoxy) is 2. The molecule has 0 bridgehead atoms. The summed E-state index contributed by atoms with van der Waals surface area (Å²) < 4.78 is 11.3. The molecule has 100 valence electrons. The lowest BCUT2D eigenvalue weighted by Crippen LogP contribution is -2.15. The smallest absolute Gasteiger partial charge is 0.344 e. The van der Waals surface area contributed by atoms with Crippen molar-refractivity contribution in [1.29, 1.82) is 0 Å². The summed E-state index contributed by atoms with van der Waals surface area (Å²) in [6.07, 6.45) is 1.88. The average Bonchev–Trinajstić information content (AvgIpc) is 2.38. The number of esters is 1.